The van der Waals surface area contributed by atoms with E-state index in [0.717, 1.165) is 23.4 Å². The molecule has 0 radical (unpaired) electrons. The summed E-state index contributed by atoms with van der Waals surface area (Å²) in [6.07, 6.45) is -4.40. The van der Waals surface area contributed by atoms with E-state index in [1.807, 2.05) is 24.3 Å². The summed E-state index contributed by atoms with van der Waals surface area (Å²) in [5.41, 5.74) is 6.77. The molecule has 0 aromatic heterocycles. The second-order valence-corrected chi connectivity index (χ2v) is 5.36. The van der Waals surface area contributed by atoms with Crippen LogP contribution in [-0.2, 0) is 17.5 Å². The minimum atomic E-state index is -4.40. The highest BCUT2D eigenvalue weighted by atomic mass is 19.4. The number of anilines is 1. The number of nitrogens with zero attached hydrogens (tertiary/aromatic N) is 1. The van der Waals surface area contributed by atoms with Crippen molar-refractivity contribution >= 4 is 11.6 Å². The van der Waals surface area contributed by atoms with Crippen LogP contribution < -0.4 is 15.8 Å². The van der Waals surface area contributed by atoms with Gasteiger partial charge in [0.05, 0.1) is 18.7 Å². The molecule has 0 amide bonds. The number of nitrogens with two attached hydrogens (primary N) is 1. The molecule has 0 saturated heterocycles. The van der Waals surface area contributed by atoms with Crippen molar-refractivity contribution in [1.82, 2.24) is 0 Å². The Morgan fingerprint density at radius 3 is 2.65 bits per heavy atom. The number of rotatable bonds is 7. The van der Waals surface area contributed by atoms with Crippen LogP contribution in [-0.4, -0.2) is 26.2 Å². The quantitative estimate of drug-likeness (QED) is 0.445. The molecule has 0 aliphatic heterocycles. The van der Waals surface area contributed by atoms with Gasteiger partial charge in [-0.3, -0.25) is 0 Å². The van der Waals surface area contributed by atoms with Gasteiger partial charge in [-0.1, -0.05) is 24.3 Å². The van der Waals surface area contributed by atoms with Crippen LogP contribution >= 0.6 is 0 Å². The standard InChI is InChI=1S/C18H20F3N3O2/c1-25-12-13-5-2-3-8-16(13)24-17(22)23-9-10-26-15-7-4-6-14(11-15)18(19,20)21/h2-8,11H,9-10,12H2,1H3,(H3,22,23,24). The number of ether oxygens (including phenoxy) is 2. The zero-order chi connectivity index (χ0) is 19.0. The number of hydrogen-bond acceptors (Lipinski definition) is 3. The number of alkyl halides is 3. The van der Waals surface area contributed by atoms with Crippen molar-refractivity contribution in [1.29, 1.82) is 0 Å². The molecule has 3 N–H and O–H groups in total. The summed E-state index contributed by atoms with van der Waals surface area (Å²) >= 11 is 0. The van der Waals surface area contributed by atoms with Crippen molar-refractivity contribution in [3.8, 4) is 5.75 Å². The molecule has 0 atom stereocenters. The molecule has 0 fully saturated rings. The predicted octanol–water partition coefficient (Wildman–Crippen LogP) is 3.66. The lowest BCUT2D eigenvalue weighted by Gasteiger charge is -2.11. The molecule has 2 rings (SSSR count). The monoisotopic (exact) mass is 367 g/mol. The molecule has 5 nitrogen and oxygen atoms in total. The second-order valence-electron chi connectivity index (χ2n) is 5.36. The first-order valence-corrected chi connectivity index (χ1v) is 7.84. The first kappa shape index (κ1) is 19.6. The molecule has 0 aliphatic rings. The van der Waals surface area contributed by atoms with Crippen LogP contribution in [0.3, 0.4) is 0 Å². The van der Waals surface area contributed by atoms with Crippen LogP contribution in [0.4, 0.5) is 18.9 Å². The van der Waals surface area contributed by atoms with Crippen molar-refractivity contribution in [2.45, 2.75) is 12.8 Å². The fraction of sp³-hybridized carbons (Fsp3) is 0.278. The summed E-state index contributed by atoms with van der Waals surface area (Å²) < 4.78 is 48.3. The Morgan fingerprint density at radius 2 is 1.92 bits per heavy atom. The number of aliphatic imine (C=N–C) groups is 1. The Bertz CT molecular complexity index is 748. The van der Waals surface area contributed by atoms with E-state index in [1.54, 1.807) is 7.11 Å². The molecule has 0 bridgehead atoms. The molecular weight excluding hydrogens is 347 g/mol. The molecule has 140 valence electrons. The van der Waals surface area contributed by atoms with E-state index in [0.29, 0.717) is 6.61 Å². The number of nitrogens with one attached hydrogen (secondary N) is 1. The van der Waals surface area contributed by atoms with Crippen molar-refractivity contribution < 1.29 is 22.6 Å². The number of para-hydroxylation sites is 1. The van der Waals surface area contributed by atoms with Crippen LogP contribution in [0.1, 0.15) is 11.1 Å². The van der Waals surface area contributed by atoms with Gasteiger partial charge < -0.3 is 20.5 Å². The molecule has 0 heterocycles. The SMILES string of the molecule is COCc1ccccc1NC(N)=NCCOc1cccc(C(F)(F)F)c1. The Morgan fingerprint density at radius 1 is 1.15 bits per heavy atom. The Balaban J connectivity index is 1.87. The second kappa shape index (κ2) is 9.10. The van der Waals surface area contributed by atoms with Crippen LogP contribution in [0.25, 0.3) is 0 Å². The lowest BCUT2D eigenvalue weighted by atomic mass is 10.2. The first-order valence-electron chi connectivity index (χ1n) is 7.84. The highest BCUT2D eigenvalue weighted by Crippen LogP contribution is 2.31. The highest BCUT2D eigenvalue weighted by Gasteiger charge is 2.30. The van der Waals surface area contributed by atoms with Crippen molar-refractivity contribution in [2.24, 2.45) is 10.7 Å². The largest absolute Gasteiger partial charge is 0.492 e. The maximum absolute atomic E-state index is 12.6. The summed E-state index contributed by atoms with van der Waals surface area (Å²) in [6, 6.07) is 12.2. The van der Waals surface area contributed by atoms with E-state index in [4.69, 9.17) is 15.2 Å². The number of benzene rings is 2. The third-order valence-electron chi connectivity index (χ3n) is 3.38. The summed E-state index contributed by atoms with van der Waals surface area (Å²) in [6.45, 7) is 0.722. The molecule has 0 unspecified atom stereocenters. The fourth-order valence-corrected chi connectivity index (χ4v) is 2.19. The number of hydrogen-bond donors (Lipinski definition) is 2. The third kappa shape index (κ3) is 5.96. The molecule has 0 aliphatic carbocycles. The molecule has 8 heteroatoms. The Kier molecular flexibility index (Phi) is 6.85. The van der Waals surface area contributed by atoms with Gasteiger partial charge in [0.15, 0.2) is 5.96 Å². The smallest absolute Gasteiger partial charge is 0.416 e. The Hall–Kier alpha value is -2.74. The topological polar surface area (TPSA) is 68.9 Å². The van der Waals surface area contributed by atoms with E-state index in [-0.39, 0.29) is 24.9 Å². The molecule has 26 heavy (non-hydrogen) atoms. The lowest BCUT2D eigenvalue weighted by Crippen LogP contribution is -2.24. The van der Waals surface area contributed by atoms with Gasteiger partial charge >= 0.3 is 6.18 Å². The number of methoxy groups -OCH3 is 1. The predicted molar refractivity (Wildman–Crippen MR) is 94.2 cm³/mol. The zero-order valence-electron chi connectivity index (χ0n) is 14.2. The number of guanidine groups is 1. The minimum Gasteiger partial charge on any atom is -0.492 e. The van der Waals surface area contributed by atoms with Crippen LogP contribution in [0, 0.1) is 0 Å². The molecule has 2 aromatic carbocycles. The van der Waals surface area contributed by atoms with Crippen molar-refractivity contribution in [2.75, 3.05) is 25.6 Å². The summed E-state index contributed by atoms with van der Waals surface area (Å²) in [4.78, 5) is 4.10. The van der Waals surface area contributed by atoms with E-state index < -0.39 is 11.7 Å². The van der Waals surface area contributed by atoms with Crippen LogP contribution in [0.15, 0.2) is 53.5 Å². The Labute approximate surface area is 149 Å². The summed E-state index contributed by atoms with van der Waals surface area (Å²) in [7, 11) is 1.60. The van der Waals surface area contributed by atoms with Gasteiger partial charge in [0.2, 0.25) is 0 Å². The van der Waals surface area contributed by atoms with E-state index in [1.165, 1.54) is 12.1 Å². The fourth-order valence-electron chi connectivity index (χ4n) is 2.19. The first-order chi connectivity index (χ1) is 12.4. The molecule has 0 saturated carbocycles. The van der Waals surface area contributed by atoms with Crippen LogP contribution in [0.2, 0.25) is 0 Å². The summed E-state index contributed by atoms with van der Waals surface area (Å²) in [5, 5.41) is 2.97. The van der Waals surface area contributed by atoms with E-state index >= 15 is 0 Å². The van der Waals surface area contributed by atoms with E-state index in [9.17, 15) is 13.2 Å². The minimum absolute atomic E-state index is 0.101. The van der Waals surface area contributed by atoms with Gasteiger partial charge in [-0.2, -0.15) is 13.2 Å². The lowest BCUT2D eigenvalue weighted by molar-refractivity contribution is -0.137. The van der Waals surface area contributed by atoms with Gasteiger partial charge in [0.25, 0.3) is 0 Å². The molecular formula is C18H20F3N3O2. The van der Waals surface area contributed by atoms with Gasteiger partial charge in [-0.25, -0.2) is 4.99 Å². The zero-order valence-corrected chi connectivity index (χ0v) is 14.2. The maximum atomic E-state index is 12.6. The average Bonchev–Trinajstić information content (AvgIpc) is 2.60. The van der Waals surface area contributed by atoms with Gasteiger partial charge in [0, 0.05) is 18.4 Å². The average molecular weight is 367 g/mol. The van der Waals surface area contributed by atoms with E-state index in [2.05, 4.69) is 10.3 Å². The van der Waals surface area contributed by atoms with Gasteiger partial charge in [0.1, 0.15) is 12.4 Å². The van der Waals surface area contributed by atoms with Gasteiger partial charge in [-0.05, 0) is 24.3 Å². The normalized spacial score (nSPS) is 12.1. The highest BCUT2D eigenvalue weighted by molar-refractivity contribution is 5.92. The third-order valence-corrected chi connectivity index (χ3v) is 3.38. The summed E-state index contributed by atoms with van der Waals surface area (Å²) in [5.74, 6) is 0.313. The van der Waals surface area contributed by atoms with Crippen molar-refractivity contribution in [3.63, 3.8) is 0 Å². The molecule has 0 spiro atoms. The molecule has 2 aromatic rings. The number of halogens is 3. The maximum Gasteiger partial charge on any atom is 0.416 e. The van der Waals surface area contributed by atoms with Gasteiger partial charge in [-0.15, -0.1) is 0 Å². The van der Waals surface area contributed by atoms with Crippen LogP contribution in [0.5, 0.6) is 5.75 Å². The van der Waals surface area contributed by atoms with Crippen molar-refractivity contribution in [3.05, 3.63) is 59.7 Å².